The fourth-order valence-corrected chi connectivity index (χ4v) is 2.67. The van der Waals surface area contributed by atoms with Crippen LogP contribution in [0.5, 0.6) is 0 Å². The Bertz CT molecular complexity index is 550. The molecule has 1 heterocycles. The molecule has 1 aliphatic heterocycles. The van der Waals surface area contributed by atoms with Crippen LogP contribution in [0.3, 0.4) is 0 Å². The molecule has 0 saturated heterocycles. The third kappa shape index (κ3) is 2.03. The molecule has 0 bridgehead atoms. The Hall–Kier alpha value is -1.77. The maximum Gasteiger partial charge on any atom is 0.415 e. The smallest absolute Gasteiger partial charge is 0.415 e. The van der Waals surface area contributed by atoms with Gasteiger partial charge in [-0.05, 0) is 50.8 Å². The Morgan fingerprint density at radius 3 is 2.58 bits per heavy atom. The highest BCUT2D eigenvalue weighted by molar-refractivity contribution is 5.76. The Balaban J connectivity index is 1.93. The van der Waals surface area contributed by atoms with Gasteiger partial charge in [-0.2, -0.15) is 0 Å². The number of amides is 1. The minimum atomic E-state index is -0.460. The van der Waals surface area contributed by atoms with Crippen LogP contribution in [-0.2, 0) is 10.3 Å². The summed E-state index contributed by atoms with van der Waals surface area (Å²) >= 11 is 0. The summed E-state index contributed by atoms with van der Waals surface area (Å²) in [6.45, 7) is 5.68. The van der Waals surface area contributed by atoms with E-state index in [4.69, 9.17) is 4.74 Å². The van der Waals surface area contributed by atoms with Crippen LogP contribution in [0.4, 0.5) is 4.79 Å². The minimum absolute atomic E-state index is 0.159. The SMILES string of the molecule is CC(C)(C)OC(=O)N1C=Cc2ccccc2C12CC2. The van der Waals surface area contributed by atoms with Gasteiger partial charge in [0.05, 0.1) is 5.54 Å². The van der Waals surface area contributed by atoms with Crippen molar-refractivity contribution in [2.24, 2.45) is 0 Å². The molecule has 0 N–H and O–H groups in total. The highest BCUT2D eigenvalue weighted by atomic mass is 16.6. The molecule has 3 rings (SSSR count). The van der Waals surface area contributed by atoms with Gasteiger partial charge in [0.2, 0.25) is 0 Å². The molecule has 0 unspecified atom stereocenters. The van der Waals surface area contributed by atoms with Crippen molar-refractivity contribution in [3.8, 4) is 0 Å². The van der Waals surface area contributed by atoms with E-state index in [1.807, 2.05) is 45.2 Å². The van der Waals surface area contributed by atoms with E-state index in [2.05, 4.69) is 12.1 Å². The van der Waals surface area contributed by atoms with Crippen LogP contribution in [0.15, 0.2) is 30.5 Å². The van der Waals surface area contributed by atoms with E-state index in [0.717, 1.165) is 12.8 Å². The highest BCUT2D eigenvalue weighted by Crippen LogP contribution is 2.54. The van der Waals surface area contributed by atoms with Crippen LogP contribution >= 0.6 is 0 Å². The number of carbonyl (C=O) groups excluding carboxylic acids is 1. The van der Waals surface area contributed by atoms with Crippen LogP contribution in [0, 0.1) is 0 Å². The predicted octanol–water partition coefficient (Wildman–Crippen LogP) is 3.90. The van der Waals surface area contributed by atoms with Crippen LogP contribution < -0.4 is 0 Å². The van der Waals surface area contributed by atoms with Crippen molar-refractivity contribution in [2.75, 3.05) is 0 Å². The summed E-state index contributed by atoms with van der Waals surface area (Å²) in [6.07, 6.45) is 5.61. The Labute approximate surface area is 113 Å². The van der Waals surface area contributed by atoms with Gasteiger partial charge in [0.1, 0.15) is 5.60 Å². The van der Waals surface area contributed by atoms with Gasteiger partial charge in [-0.25, -0.2) is 4.79 Å². The van der Waals surface area contributed by atoms with E-state index in [-0.39, 0.29) is 11.6 Å². The molecule has 1 saturated carbocycles. The lowest BCUT2D eigenvalue weighted by Crippen LogP contribution is -2.41. The van der Waals surface area contributed by atoms with E-state index < -0.39 is 5.60 Å². The lowest BCUT2D eigenvalue weighted by atomic mass is 9.94. The summed E-state index contributed by atoms with van der Waals surface area (Å²) in [5.41, 5.74) is 1.83. The molecule has 19 heavy (non-hydrogen) atoms. The van der Waals surface area contributed by atoms with Gasteiger partial charge in [-0.3, -0.25) is 4.90 Å². The number of nitrogens with zero attached hydrogens (tertiary/aromatic N) is 1. The van der Waals surface area contributed by atoms with Crippen LogP contribution in [0.25, 0.3) is 6.08 Å². The fraction of sp³-hybridized carbons (Fsp3) is 0.438. The minimum Gasteiger partial charge on any atom is -0.443 e. The van der Waals surface area contributed by atoms with Crippen molar-refractivity contribution in [1.29, 1.82) is 0 Å². The molecule has 1 aromatic carbocycles. The summed E-state index contributed by atoms with van der Waals surface area (Å²) in [6, 6.07) is 8.27. The number of fused-ring (bicyclic) bond motifs is 2. The first-order chi connectivity index (χ1) is 8.92. The Morgan fingerprint density at radius 2 is 1.95 bits per heavy atom. The molecule has 1 spiro atoms. The van der Waals surface area contributed by atoms with Gasteiger partial charge in [0, 0.05) is 6.20 Å². The number of hydrogen-bond donors (Lipinski definition) is 0. The van der Waals surface area contributed by atoms with Crippen molar-refractivity contribution in [2.45, 2.75) is 44.8 Å². The largest absolute Gasteiger partial charge is 0.443 e. The van der Waals surface area contributed by atoms with Gasteiger partial charge >= 0.3 is 6.09 Å². The second-order valence-electron chi connectivity index (χ2n) is 6.28. The molecule has 3 nitrogen and oxygen atoms in total. The highest BCUT2D eigenvalue weighted by Gasteiger charge is 2.54. The van der Waals surface area contributed by atoms with Crippen molar-refractivity contribution in [3.05, 3.63) is 41.6 Å². The summed E-state index contributed by atoms with van der Waals surface area (Å²) in [5, 5.41) is 0. The number of hydrogen-bond acceptors (Lipinski definition) is 2. The van der Waals surface area contributed by atoms with Crippen molar-refractivity contribution in [1.82, 2.24) is 4.90 Å². The third-order valence-corrected chi connectivity index (χ3v) is 3.64. The van der Waals surface area contributed by atoms with Crippen LogP contribution in [0.1, 0.15) is 44.7 Å². The summed E-state index contributed by atoms with van der Waals surface area (Å²) in [5.74, 6) is 0. The van der Waals surface area contributed by atoms with Gasteiger partial charge in [-0.15, -0.1) is 0 Å². The normalized spacial score (nSPS) is 19.2. The predicted molar refractivity (Wildman–Crippen MR) is 74.5 cm³/mol. The average molecular weight is 257 g/mol. The van der Waals surface area contributed by atoms with Crippen molar-refractivity contribution < 1.29 is 9.53 Å². The zero-order valence-electron chi connectivity index (χ0n) is 11.6. The standard InChI is InChI=1S/C16H19NO2/c1-15(2,3)19-14(18)17-11-8-12-6-4-5-7-13(12)16(17)9-10-16/h4-8,11H,9-10H2,1-3H3. The van der Waals surface area contributed by atoms with Crippen molar-refractivity contribution >= 4 is 12.2 Å². The van der Waals surface area contributed by atoms with Gasteiger partial charge in [-0.1, -0.05) is 24.3 Å². The molecule has 0 atom stereocenters. The van der Waals surface area contributed by atoms with Crippen molar-refractivity contribution in [3.63, 3.8) is 0 Å². The summed E-state index contributed by atoms with van der Waals surface area (Å²) in [4.78, 5) is 14.1. The fourth-order valence-electron chi connectivity index (χ4n) is 2.67. The molecule has 1 amide bonds. The van der Waals surface area contributed by atoms with E-state index in [0.29, 0.717) is 0 Å². The van der Waals surface area contributed by atoms with E-state index in [1.165, 1.54) is 11.1 Å². The number of ether oxygens (including phenoxy) is 1. The quantitative estimate of drug-likeness (QED) is 0.705. The average Bonchev–Trinajstić information content (AvgIpc) is 3.09. The maximum absolute atomic E-state index is 12.3. The first-order valence-electron chi connectivity index (χ1n) is 6.72. The molecule has 2 aliphatic rings. The lowest BCUT2D eigenvalue weighted by molar-refractivity contribution is 0.0238. The molecule has 1 aliphatic carbocycles. The second-order valence-corrected chi connectivity index (χ2v) is 6.28. The van der Waals surface area contributed by atoms with Gasteiger partial charge in [0.15, 0.2) is 0 Å². The van der Waals surface area contributed by atoms with Gasteiger partial charge in [0.25, 0.3) is 0 Å². The molecular formula is C16H19NO2. The van der Waals surface area contributed by atoms with Crippen LogP contribution in [0.2, 0.25) is 0 Å². The van der Waals surface area contributed by atoms with E-state index in [9.17, 15) is 4.79 Å². The lowest BCUT2D eigenvalue weighted by Gasteiger charge is -2.35. The topological polar surface area (TPSA) is 29.5 Å². The monoisotopic (exact) mass is 257 g/mol. The van der Waals surface area contributed by atoms with Gasteiger partial charge < -0.3 is 4.74 Å². The van der Waals surface area contributed by atoms with Crippen LogP contribution in [-0.4, -0.2) is 16.6 Å². The molecule has 100 valence electrons. The second kappa shape index (κ2) is 3.86. The van der Waals surface area contributed by atoms with E-state index in [1.54, 1.807) is 4.90 Å². The molecule has 0 radical (unpaired) electrons. The first kappa shape index (κ1) is 12.3. The number of benzene rings is 1. The Kier molecular flexibility index (Phi) is 2.49. The summed E-state index contributed by atoms with van der Waals surface area (Å²) < 4.78 is 5.50. The van der Waals surface area contributed by atoms with E-state index >= 15 is 0 Å². The zero-order chi connectivity index (χ0) is 13.7. The molecule has 3 heteroatoms. The number of rotatable bonds is 0. The third-order valence-electron chi connectivity index (χ3n) is 3.64. The Morgan fingerprint density at radius 1 is 1.26 bits per heavy atom. The molecule has 1 fully saturated rings. The maximum atomic E-state index is 12.3. The molecule has 0 aromatic heterocycles. The first-order valence-corrected chi connectivity index (χ1v) is 6.72. The summed E-state index contributed by atoms with van der Waals surface area (Å²) in [7, 11) is 0. The number of carbonyl (C=O) groups is 1. The molecular weight excluding hydrogens is 238 g/mol. The molecule has 1 aromatic rings. The zero-order valence-corrected chi connectivity index (χ0v) is 11.6.